The lowest BCUT2D eigenvalue weighted by Crippen LogP contribution is -2.47. The molecule has 422 valence electrons. The van der Waals surface area contributed by atoms with Gasteiger partial charge in [-0.25, -0.2) is 17.7 Å². The number of anilines is 2. The number of amidine groups is 1. The number of sulfonamides is 1. The molecular weight excluding hydrogens is 1100 g/mol. The summed E-state index contributed by atoms with van der Waals surface area (Å²) in [5.74, 6) is 2.53. The van der Waals surface area contributed by atoms with Crippen LogP contribution in [0, 0.1) is 0 Å². The van der Waals surface area contributed by atoms with Crippen LogP contribution in [0.1, 0.15) is 29.5 Å². The molecule has 0 radical (unpaired) electrons. The average molecular weight is 1180 g/mol. The molecule has 6 aromatic rings. The number of likely N-dealkylation sites (N-methyl/N-ethyl adjacent to an activating group) is 2. The number of fused-ring (bicyclic) bond motifs is 6. The zero-order chi connectivity index (χ0) is 55.8. The lowest BCUT2D eigenvalue weighted by atomic mass is 9.96. The Labute approximate surface area is 492 Å². The summed E-state index contributed by atoms with van der Waals surface area (Å²) in [5, 5.41) is 10.6. The van der Waals surface area contributed by atoms with Gasteiger partial charge in [-0.2, -0.15) is 0 Å². The number of hydrogen-bond donors (Lipinski definition) is 1. The number of benzene rings is 6. The minimum atomic E-state index is -3.47. The molecule has 6 heterocycles. The Morgan fingerprint density at radius 1 is 0.588 bits per heavy atom. The van der Waals surface area contributed by atoms with Crippen molar-refractivity contribution in [3.63, 3.8) is 0 Å². The second-order valence-electron chi connectivity index (χ2n) is 21.1. The number of nitrogens with zero attached hydrogens (tertiary/aromatic N) is 9. The molecule has 3 saturated heterocycles. The van der Waals surface area contributed by atoms with Gasteiger partial charge in [0.2, 0.25) is 10.0 Å². The van der Waals surface area contributed by atoms with Gasteiger partial charge in [0.1, 0.15) is 17.3 Å². The van der Waals surface area contributed by atoms with Crippen molar-refractivity contribution in [2.24, 2.45) is 4.99 Å². The Balaban J connectivity index is 0.000000136. The summed E-state index contributed by atoms with van der Waals surface area (Å²) in [6, 6.07) is 42.3. The van der Waals surface area contributed by atoms with Crippen LogP contribution in [0.5, 0.6) is 11.5 Å². The molecule has 12 rings (SSSR count). The van der Waals surface area contributed by atoms with Crippen LogP contribution in [-0.4, -0.2) is 193 Å². The van der Waals surface area contributed by atoms with Crippen LogP contribution in [0.25, 0.3) is 5.57 Å². The lowest BCUT2D eigenvalue weighted by molar-refractivity contribution is 0.112. The Kier molecular flexibility index (Phi) is 19.7. The van der Waals surface area contributed by atoms with Crippen LogP contribution >= 0.6 is 46.7 Å². The van der Waals surface area contributed by atoms with E-state index in [9.17, 15) is 8.42 Å². The fourth-order valence-corrected chi connectivity index (χ4v) is 14.2. The first-order chi connectivity index (χ1) is 38.8. The third-order valence-electron chi connectivity index (χ3n) is 15.4. The predicted octanol–water partition coefficient (Wildman–Crippen LogP) is 11.2. The molecule has 0 saturated carbocycles. The van der Waals surface area contributed by atoms with E-state index in [1.54, 1.807) is 31.9 Å². The van der Waals surface area contributed by atoms with Crippen LogP contribution in [0.15, 0.2) is 163 Å². The van der Waals surface area contributed by atoms with E-state index < -0.39 is 10.0 Å². The van der Waals surface area contributed by atoms with E-state index in [1.807, 2.05) is 72.4 Å². The van der Waals surface area contributed by atoms with E-state index in [2.05, 4.69) is 115 Å². The highest BCUT2D eigenvalue weighted by molar-refractivity contribution is 8.00. The van der Waals surface area contributed by atoms with Crippen LogP contribution in [0.2, 0.25) is 10.0 Å². The van der Waals surface area contributed by atoms with Crippen molar-refractivity contribution < 1.29 is 18.3 Å². The van der Waals surface area contributed by atoms with Crippen molar-refractivity contribution in [3.8, 4) is 11.5 Å². The second kappa shape index (κ2) is 27.0. The number of β-amino-alcohol motifs (C(OH)–C–C–N with tert-alkyl or cyclic N) is 1. The average Bonchev–Trinajstić information content (AvgIpc) is 3.66. The summed E-state index contributed by atoms with van der Waals surface area (Å²) in [6.07, 6.45) is 4.36. The molecule has 1 N–H and O–H groups in total. The van der Waals surface area contributed by atoms with Gasteiger partial charge in [0.25, 0.3) is 0 Å². The molecule has 0 bridgehead atoms. The summed E-state index contributed by atoms with van der Waals surface area (Å²) < 4.78 is 32.8. The van der Waals surface area contributed by atoms with Crippen LogP contribution < -0.4 is 9.64 Å². The van der Waals surface area contributed by atoms with Crippen molar-refractivity contribution in [1.29, 1.82) is 0 Å². The molecule has 0 amide bonds. The third-order valence-corrected chi connectivity index (χ3v) is 20.0. The Hall–Kier alpha value is -4.92. The molecule has 6 aliphatic heterocycles. The number of piperazine rings is 3. The summed E-state index contributed by atoms with van der Waals surface area (Å²) in [4.78, 5) is 27.0. The van der Waals surface area contributed by atoms with Crippen LogP contribution in [-0.2, 0) is 10.0 Å². The number of halogens is 2. The quantitative estimate of drug-likeness (QED) is 0.133. The fraction of sp³-hybridized carbons (Fsp3) is 0.371. The molecule has 6 aliphatic rings. The highest BCUT2D eigenvalue weighted by atomic mass is 35.5. The predicted molar refractivity (Wildman–Crippen MR) is 330 cm³/mol. The molecule has 6 aromatic carbocycles. The largest absolute Gasteiger partial charge is 0.454 e. The molecule has 13 nitrogen and oxygen atoms in total. The van der Waals surface area contributed by atoms with Crippen molar-refractivity contribution >= 4 is 85.2 Å². The van der Waals surface area contributed by atoms with Gasteiger partial charge in [0.15, 0.2) is 5.75 Å². The molecule has 0 aromatic heterocycles. The summed E-state index contributed by atoms with van der Waals surface area (Å²) in [6.45, 7) is 16.9. The molecular formula is C62H73Cl2N9O4S3. The number of para-hydroxylation sites is 3. The van der Waals surface area contributed by atoms with Gasteiger partial charge in [-0.05, 0) is 135 Å². The molecule has 0 unspecified atom stereocenters. The Morgan fingerprint density at radius 2 is 1.18 bits per heavy atom. The highest BCUT2D eigenvalue weighted by Gasteiger charge is 2.28. The maximum atomic E-state index is 12.7. The molecule has 0 spiro atoms. The number of ether oxygens (including phenoxy) is 1. The van der Waals surface area contributed by atoms with E-state index >= 15 is 0 Å². The smallest absolute Gasteiger partial charge is 0.242 e. The van der Waals surface area contributed by atoms with E-state index in [4.69, 9.17) is 38.0 Å². The summed E-state index contributed by atoms with van der Waals surface area (Å²) >= 11 is 16.1. The first-order valence-corrected chi connectivity index (χ1v) is 31.6. The van der Waals surface area contributed by atoms with Gasteiger partial charge in [-0.3, -0.25) is 4.90 Å². The van der Waals surface area contributed by atoms with Gasteiger partial charge in [-0.15, -0.1) is 0 Å². The van der Waals surface area contributed by atoms with E-state index in [1.165, 1.54) is 35.9 Å². The van der Waals surface area contributed by atoms with Gasteiger partial charge in [-0.1, -0.05) is 95.3 Å². The minimum absolute atomic E-state index is 0.258. The minimum Gasteiger partial charge on any atom is -0.454 e. The second-order valence-corrected chi connectivity index (χ2v) is 26.3. The topological polar surface area (TPSA) is 102 Å². The van der Waals surface area contributed by atoms with E-state index in [0.717, 1.165) is 167 Å². The van der Waals surface area contributed by atoms with Gasteiger partial charge in [0.05, 0.1) is 28.4 Å². The third kappa shape index (κ3) is 14.1. The first kappa shape index (κ1) is 58.3. The molecule has 0 atom stereocenters. The van der Waals surface area contributed by atoms with Gasteiger partial charge >= 0.3 is 0 Å². The van der Waals surface area contributed by atoms with Crippen molar-refractivity contribution in [1.82, 2.24) is 33.7 Å². The Bertz CT molecular complexity index is 3290. The molecule has 80 heavy (non-hydrogen) atoms. The zero-order valence-electron chi connectivity index (χ0n) is 46.3. The Morgan fingerprint density at radius 3 is 1.93 bits per heavy atom. The highest BCUT2D eigenvalue weighted by Crippen LogP contribution is 2.49. The molecule has 18 heteroatoms. The summed E-state index contributed by atoms with van der Waals surface area (Å²) in [7, 11) is 4.00. The fourth-order valence-electron chi connectivity index (χ4n) is 10.7. The SMILES string of the molecule is CN1CCN(C2=Nc3ccccc3Oc3ccc(Cl)cc32)CC1.CN1CCN(CC/C=C2/c3ccccc3Sc3ccc(S(=O)(=O)N(C)C)cc32)CC1.OCCN1CCN(CCCN2c3ccccc3Sc3ccc(Cl)cc32)CC1. The lowest BCUT2D eigenvalue weighted by Gasteiger charge is -2.36. The van der Waals surface area contributed by atoms with E-state index in [-0.39, 0.29) is 6.61 Å². The number of aliphatic hydroxyl groups is 1. The number of rotatable bonds is 11. The normalized spacial score (nSPS) is 18.2. The zero-order valence-corrected chi connectivity index (χ0v) is 50.3. The van der Waals surface area contributed by atoms with Crippen molar-refractivity contribution in [2.75, 3.05) is 144 Å². The van der Waals surface area contributed by atoms with Gasteiger partial charge < -0.3 is 39.2 Å². The maximum absolute atomic E-state index is 12.7. The standard InChI is InChI=1S/C23H29N3O2S2.C21H26ClN3OS.C18H18ClN3O/c1-24(2)30(27,28)18-10-11-23-21(17-18)19(20-7-4-5-9-22(20)29-23)8-6-12-26-15-13-25(3)14-16-26;22-17-6-7-21-19(16-17)25(18-4-1-2-5-20(18)27-21)9-3-8-23-10-12-24(13-11-23)14-15-26;1-21-8-10-22(11-9-21)18-14-12-13(19)6-7-16(14)23-17-5-3-2-4-15(17)20-18/h4-5,7-11,17H,6,12-16H2,1-3H3;1-2,4-7,16,26H,3,8-15H2;2-7,12H,8-11H2,1H3/b19-8-;;. The summed E-state index contributed by atoms with van der Waals surface area (Å²) in [5.41, 5.74) is 7.66. The molecule has 0 aliphatic carbocycles. The number of aliphatic imine (C=N–C) groups is 1. The van der Waals surface area contributed by atoms with Crippen LogP contribution in [0.3, 0.4) is 0 Å². The van der Waals surface area contributed by atoms with Crippen LogP contribution in [0.4, 0.5) is 17.1 Å². The van der Waals surface area contributed by atoms with E-state index in [0.29, 0.717) is 9.92 Å². The number of hydrogen-bond acceptors (Lipinski definition) is 14. The van der Waals surface area contributed by atoms with Crippen molar-refractivity contribution in [2.45, 2.75) is 37.3 Å². The van der Waals surface area contributed by atoms with Crippen molar-refractivity contribution in [3.05, 3.63) is 160 Å². The molecule has 3 fully saturated rings. The first-order valence-electron chi connectivity index (χ1n) is 27.7. The number of aliphatic hydroxyl groups excluding tert-OH is 1. The maximum Gasteiger partial charge on any atom is 0.242 e. The monoisotopic (exact) mass is 1170 g/mol. The van der Waals surface area contributed by atoms with Gasteiger partial charge in [0, 0.05) is 142 Å².